The summed E-state index contributed by atoms with van der Waals surface area (Å²) in [7, 11) is 0. The largest absolute Gasteiger partial charge is 0.480 e. The van der Waals surface area contributed by atoms with E-state index in [1.165, 1.54) is 0 Å². The Hall–Kier alpha value is -4.25. The molecule has 0 heterocycles. The number of carboxylic acid groups (broad SMARTS) is 1. The molecule has 0 aliphatic carbocycles. The fraction of sp³-hybridized carbons (Fsp3) is 0.414. The molecule has 0 aromatic heterocycles. The average molecular weight is 554 g/mol. The maximum atomic E-state index is 13.4. The van der Waals surface area contributed by atoms with Crippen molar-refractivity contribution in [3.05, 3.63) is 71.8 Å². The van der Waals surface area contributed by atoms with Crippen LogP contribution in [0, 0.1) is 5.92 Å². The molecule has 0 fully saturated rings. The number of nitrogens with one attached hydrogen (secondary N) is 3. The summed E-state index contributed by atoms with van der Waals surface area (Å²) < 4.78 is 0. The number of hydrogen-bond acceptors (Lipinski definition) is 6. The van der Waals surface area contributed by atoms with Gasteiger partial charge in [-0.1, -0.05) is 74.5 Å². The molecule has 2 aromatic rings. The molecule has 0 aliphatic rings. The Kier molecular flexibility index (Phi) is 12.8. The van der Waals surface area contributed by atoms with Gasteiger partial charge in [-0.25, -0.2) is 4.79 Å². The number of rotatable bonds is 16. The molecule has 216 valence electrons. The molecule has 0 saturated carbocycles. The number of amides is 4. The van der Waals surface area contributed by atoms with Gasteiger partial charge in [0.25, 0.3) is 0 Å². The SMILES string of the molecule is CC(C)CC(NC(=O)C(Cc1ccccc1)NC(=O)C(CCC(N)=O)NC(=O)C(N)Cc1ccccc1)C(=O)O. The molecule has 2 rings (SSSR count). The van der Waals surface area contributed by atoms with Crippen molar-refractivity contribution in [3.8, 4) is 0 Å². The van der Waals surface area contributed by atoms with Gasteiger partial charge in [0.05, 0.1) is 6.04 Å². The third-order valence-electron chi connectivity index (χ3n) is 6.18. The van der Waals surface area contributed by atoms with Crippen LogP contribution >= 0.6 is 0 Å². The summed E-state index contributed by atoms with van der Waals surface area (Å²) in [4.78, 5) is 62.7. The van der Waals surface area contributed by atoms with Gasteiger partial charge in [0.2, 0.25) is 23.6 Å². The van der Waals surface area contributed by atoms with Gasteiger partial charge in [0.15, 0.2) is 0 Å². The standard InChI is InChI=1S/C29H39N5O6/c1-18(2)15-24(29(39)40)34-28(38)23(17-20-11-7-4-8-12-20)33-27(37)22(13-14-25(31)35)32-26(36)21(30)16-19-9-5-3-6-10-19/h3-12,18,21-24H,13-17,30H2,1-2H3,(H2,31,35)(H,32,36)(H,33,37)(H,34,38)(H,39,40). The van der Waals surface area contributed by atoms with E-state index < -0.39 is 53.8 Å². The van der Waals surface area contributed by atoms with Gasteiger partial charge < -0.3 is 32.5 Å². The number of primary amides is 1. The predicted molar refractivity (Wildman–Crippen MR) is 150 cm³/mol. The van der Waals surface area contributed by atoms with Crippen molar-refractivity contribution in [1.29, 1.82) is 0 Å². The van der Waals surface area contributed by atoms with Gasteiger partial charge in [-0.3, -0.25) is 19.2 Å². The smallest absolute Gasteiger partial charge is 0.326 e. The van der Waals surface area contributed by atoms with Crippen molar-refractivity contribution in [2.45, 2.75) is 70.1 Å². The first-order chi connectivity index (χ1) is 19.0. The number of nitrogens with two attached hydrogens (primary N) is 2. The van der Waals surface area contributed by atoms with Crippen LogP contribution in [0.4, 0.5) is 0 Å². The lowest BCUT2D eigenvalue weighted by atomic mass is 10.0. The van der Waals surface area contributed by atoms with Crippen LogP contribution < -0.4 is 27.4 Å². The molecule has 4 unspecified atom stereocenters. The fourth-order valence-electron chi connectivity index (χ4n) is 4.09. The molecule has 2 aromatic carbocycles. The minimum atomic E-state index is -1.21. The van der Waals surface area contributed by atoms with Crippen LogP contribution in [0.3, 0.4) is 0 Å². The highest BCUT2D eigenvalue weighted by atomic mass is 16.4. The van der Waals surface area contributed by atoms with E-state index in [9.17, 15) is 29.1 Å². The van der Waals surface area contributed by atoms with Crippen LogP contribution in [0.5, 0.6) is 0 Å². The van der Waals surface area contributed by atoms with Crippen LogP contribution in [-0.4, -0.2) is 58.9 Å². The Labute approximate surface area is 234 Å². The first-order valence-corrected chi connectivity index (χ1v) is 13.2. The van der Waals surface area contributed by atoms with Crippen LogP contribution in [-0.2, 0) is 36.8 Å². The zero-order valence-corrected chi connectivity index (χ0v) is 22.8. The first kappa shape index (κ1) is 32.0. The van der Waals surface area contributed by atoms with Crippen molar-refractivity contribution in [2.24, 2.45) is 17.4 Å². The number of aliphatic carboxylic acids is 1. The molecule has 4 amide bonds. The third-order valence-corrected chi connectivity index (χ3v) is 6.18. The number of carbonyl (C=O) groups is 5. The molecule has 0 bridgehead atoms. The molecule has 11 nitrogen and oxygen atoms in total. The summed E-state index contributed by atoms with van der Waals surface area (Å²) in [5.41, 5.74) is 12.9. The van der Waals surface area contributed by atoms with E-state index in [0.29, 0.717) is 0 Å². The van der Waals surface area contributed by atoms with Crippen molar-refractivity contribution < 1.29 is 29.1 Å². The summed E-state index contributed by atoms with van der Waals surface area (Å²) in [6.07, 6.45) is 0.176. The van der Waals surface area contributed by atoms with E-state index >= 15 is 0 Å². The second kappa shape index (κ2) is 16.0. The second-order valence-corrected chi connectivity index (χ2v) is 10.1. The van der Waals surface area contributed by atoms with Gasteiger partial charge in [0.1, 0.15) is 18.1 Å². The van der Waals surface area contributed by atoms with E-state index in [4.69, 9.17) is 11.5 Å². The zero-order chi connectivity index (χ0) is 29.7. The van der Waals surface area contributed by atoms with Crippen molar-refractivity contribution in [1.82, 2.24) is 16.0 Å². The Balaban J connectivity index is 2.22. The predicted octanol–water partition coefficient (Wildman–Crippen LogP) is 0.650. The lowest BCUT2D eigenvalue weighted by molar-refractivity contribution is -0.142. The molecule has 40 heavy (non-hydrogen) atoms. The van der Waals surface area contributed by atoms with Crippen molar-refractivity contribution in [2.75, 3.05) is 0 Å². The van der Waals surface area contributed by atoms with Gasteiger partial charge >= 0.3 is 5.97 Å². The average Bonchev–Trinajstić information content (AvgIpc) is 2.90. The molecule has 0 saturated heterocycles. The lowest BCUT2D eigenvalue weighted by Gasteiger charge is -2.25. The van der Waals surface area contributed by atoms with E-state index in [-0.39, 0.29) is 38.0 Å². The number of carboxylic acids is 1. The van der Waals surface area contributed by atoms with Crippen LogP contribution in [0.1, 0.15) is 44.2 Å². The Morgan fingerprint density at radius 3 is 1.70 bits per heavy atom. The van der Waals surface area contributed by atoms with E-state index in [2.05, 4.69) is 16.0 Å². The second-order valence-electron chi connectivity index (χ2n) is 10.1. The van der Waals surface area contributed by atoms with Gasteiger partial charge in [-0.05, 0) is 36.3 Å². The van der Waals surface area contributed by atoms with E-state index in [1.54, 1.807) is 30.3 Å². The minimum absolute atomic E-state index is 0.00273. The molecular weight excluding hydrogens is 514 g/mol. The van der Waals surface area contributed by atoms with Gasteiger partial charge in [0, 0.05) is 12.8 Å². The van der Waals surface area contributed by atoms with Crippen LogP contribution in [0.15, 0.2) is 60.7 Å². The van der Waals surface area contributed by atoms with Gasteiger partial charge in [-0.2, -0.15) is 0 Å². The van der Waals surface area contributed by atoms with E-state index in [1.807, 2.05) is 44.2 Å². The molecular formula is C29H39N5O6. The van der Waals surface area contributed by atoms with Crippen molar-refractivity contribution >= 4 is 29.6 Å². The lowest BCUT2D eigenvalue weighted by Crippen LogP contribution is -2.58. The molecule has 11 heteroatoms. The maximum absolute atomic E-state index is 13.4. The molecule has 0 spiro atoms. The number of benzene rings is 2. The normalized spacial score (nSPS) is 13.9. The highest BCUT2D eigenvalue weighted by molar-refractivity contribution is 5.94. The molecule has 8 N–H and O–H groups in total. The van der Waals surface area contributed by atoms with Crippen molar-refractivity contribution in [3.63, 3.8) is 0 Å². The summed E-state index contributed by atoms with van der Waals surface area (Å²) in [5.74, 6) is -3.89. The highest BCUT2D eigenvalue weighted by Crippen LogP contribution is 2.09. The number of hydrogen-bond donors (Lipinski definition) is 6. The van der Waals surface area contributed by atoms with Gasteiger partial charge in [-0.15, -0.1) is 0 Å². The Bertz CT molecular complexity index is 1140. The molecule has 4 atom stereocenters. The maximum Gasteiger partial charge on any atom is 0.326 e. The zero-order valence-electron chi connectivity index (χ0n) is 22.8. The van der Waals surface area contributed by atoms with E-state index in [0.717, 1.165) is 11.1 Å². The minimum Gasteiger partial charge on any atom is -0.480 e. The van der Waals surface area contributed by atoms with Crippen LogP contribution in [0.2, 0.25) is 0 Å². The topological polar surface area (TPSA) is 194 Å². The summed E-state index contributed by atoms with van der Waals surface area (Å²) in [6, 6.07) is 13.5. The summed E-state index contributed by atoms with van der Waals surface area (Å²) >= 11 is 0. The molecule has 0 aliphatic heterocycles. The van der Waals surface area contributed by atoms with Crippen LogP contribution in [0.25, 0.3) is 0 Å². The summed E-state index contributed by atoms with van der Waals surface area (Å²) in [6.45, 7) is 3.67. The quantitative estimate of drug-likeness (QED) is 0.176. The fourth-order valence-corrected chi connectivity index (χ4v) is 4.09. The first-order valence-electron chi connectivity index (χ1n) is 13.2. The monoisotopic (exact) mass is 553 g/mol. The third kappa shape index (κ3) is 11.2. The Morgan fingerprint density at radius 1 is 0.725 bits per heavy atom. The molecule has 0 radical (unpaired) electrons. The Morgan fingerprint density at radius 2 is 1.20 bits per heavy atom. The highest BCUT2D eigenvalue weighted by Gasteiger charge is 2.31. The number of carbonyl (C=O) groups excluding carboxylic acids is 4. The summed E-state index contributed by atoms with van der Waals surface area (Å²) in [5, 5.41) is 17.3.